The molecule has 0 aliphatic carbocycles. The van der Waals surface area contributed by atoms with Crippen molar-refractivity contribution in [1.82, 2.24) is 15.1 Å². The molecule has 0 unspecified atom stereocenters. The number of aromatic nitrogens is 2. The molecule has 6 nitrogen and oxygen atoms in total. The highest BCUT2D eigenvalue weighted by atomic mass is 19.1. The van der Waals surface area contributed by atoms with Crippen LogP contribution in [-0.2, 0) is 11.3 Å². The van der Waals surface area contributed by atoms with Gasteiger partial charge in [-0.2, -0.15) is 0 Å². The molecule has 0 radical (unpaired) electrons. The van der Waals surface area contributed by atoms with Gasteiger partial charge in [0.05, 0.1) is 24.4 Å². The molecule has 7 heteroatoms. The number of halogens is 1. The van der Waals surface area contributed by atoms with E-state index in [0.29, 0.717) is 36.2 Å². The first-order valence-corrected chi connectivity index (χ1v) is 10.1. The van der Waals surface area contributed by atoms with Crippen molar-refractivity contribution in [1.29, 1.82) is 0 Å². The molecule has 1 N–H and O–H groups in total. The number of rotatable bonds is 4. The van der Waals surface area contributed by atoms with Crippen LogP contribution in [0.25, 0.3) is 11.5 Å². The van der Waals surface area contributed by atoms with Gasteiger partial charge in [-0.1, -0.05) is 19.9 Å². The smallest absolute Gasteiger partial charge is 0.247 e. The van der Waals surface area contributed by atoms with Crippen molar-refractivity contribution in [3.8, 4) is 11.5 Å². The van der Waals surface area contributed by atoms with Crippen LogP contribution < -0.4 is 0 Å². The molecule has 2 aliphatic heterocycles. The molecule has 0 bridgehead atoms. The van der Waals surface area contributed by atoms with Gasteiger partial charge < -0.3 is 14.3 Å². The SMILES string of the molecule is CC(C)[C@H]1C[C@@H](O)CC2(CCN(Cc3nnc(-c4cccc(F)c4)o3)CC2)O1. The largest absolute Gasteiger partial charge is 0.419 e. The number of likely N-dealkylation sites (tertiary alicyclic amines) is 1. The highest BCUT2D eigenvalue weighted by molar-refractivity contribution is 5.52. The number of hydrogen-bond donors (Lipinski definition) is 1. The molecule has 152 valence electrons. The van der Waals surface area contributed by atoms with E-state index < -0.39 is 0 Å². The zero-order valence-electron chi connectivity index (χ0n) is 16.5. The fourth-order valence-electron chi connectivity index (χ4n) is 4.29. The number of ether oxygens (including phenoxy) is 1. The average Bonchev–Trinajstić information content (AvgIpc) is 3.12. The maximum atomic E-state index is 13.4. The Bertz CT molecular complexity index is 802. The van der Waals surface area contributed by atoms with Gasteiger partial charge in [-0.15, -0.1) is 10.2 Å². The number of nitrogens with zero attached hydrogens (tertiary/aromatic N) is 3. The van der Waals surface area contributed by atoms with E-state index in [1.807, 2.05) is 0 Å². The van der Waals surface area contributed by atoms with Crippen LogP contribution in [0.5, 0.6) is 0 Å². The molecule has 0 amide bonds. The first-order chi connectivity index (χ1) is 13.4. The van der Waals surface area contributed by atoms with Crippen LogP contribution in [-0.4, -0.2) is 51.1 Å². The van der Waals surface area contributed by atoms with Gasteiger partial charge in [0.1, 0.15) is 5.82 Å². The van der Waals surface area contributed by atoms with Gasteiger partial charge in [0.15, 0.2) is 0 Å². The number of aliphatic hydroxyl groups excluding tert-OH is 1. The summed E-state index contributed by atoms with van der Waals surface area (Å²) >= 11 is 0. The van der Waals surface area contributed by atoms with Gasteiger partial charge in [0, 0.05) is 25.1 Å². The molecule has 4 rings (SSSR count). The van der Waals surface area contributed by atoms with E-state index in [1.165, 1.54) is 12.1 Å². The topological polar surface area (TPSA) is 71.6 Å². The molecule has 2 fully saturated rings. The number of benzene rings is 1. The van der Waals surface area contributed by atoms with Crippen LogP contribution in [0, 0.1) is 11.7 Å². The van der Waals surface area contributed by atoms with Crippen LogP contribution >= 0.6 is 0 Å². The fourth-order valence-corrected chi connectivity index (χ4v) is 4.29. The maximum absolute atomic E-state index is 13.4. The molecule has 2 saturated heterocycles. The minimum absolute atomic E-state index is 0.125. The van der Waals surface area contributed by atoms with Crippen molar-refractivity contribution >= 4 is 0 Å². The zero-order valence-corrected chi connectivity index (χ0v) is 16.5. The molecule has 3 heterocycles. The number of aliphatic hydroxyl groups is 1. The molecule has 28 heavy (non-hydrogen) atoms. The van der Waals surface area contributed by atoms with E-state index in [9.17, 15) is 9.50 Å². The van der Waals surface area contributed by atoms with Gasteiger partial charge in [-0.3, -0.25) is 4.90 Å². The van der Waals surface area contributed by atoms with Crippen molar-refractivity contribution in [3.05, 3.63) is 36.0 Å². The molecule has 1 spiro atoms. The van der Waals surface area contributed by atoms with Gasteiger partial charge in [-0.25, -0.2) is 4.39 Å². The van der Waals surface area contributed by atoms with E-state index in [0.717, 1.165) is 32.4 Å². The minimum Gasteiger partial charge on any atom is -0.419 e. The minimum atomic E-state index is -0.326. The Kier molecular flexibility index (Phi) is 5.49. The van der Waals surface area contributed by atoms with Gasteiger partial charge in [0.25, 0.3) is 0 Å². The Morgan fingerprint density at radius 2 is 2.07 bits per heavy atom. The third-order valence-corrected chi connectivity index (χ3v) is 5.92. The van der Waals surface area contributed by atoms with Gasteiger partial charge in [0.2, 0.25) is 11.8 Å². The number of piperidine rings is 1. The van der Waals surface area contributed by atoms with E-state index in [1.54, 1.807) is 12.1 Å². The molecular formula is C21H28FN3O3. The van der Waals surface area contributed by atoms with E-state index >= 15 is 0 Å². The standard InChI is InChI=1S/C21H28FN3O3/c1-14(2)18-11-17(26)12-21(28-18)6-8-25(9-7-21)13-19-23-24-20(27-19)15-4-3-5-16(22)10-15/h3-5,10,14,17-18,26H,6-9,11-13H2,1-2H3/t17-,18-/m1/s1. The van der Waals surface area contributed by atoms with E-state index in [-0.39, 0.29) is 23.6 Å². The molecule has 2 atom stereocenters. The van der Waals surface area contributed by atoms with Gasteiger partial charge >= 0.3 is 0 Å². The van der Waals surface area contributed by atoms with Crippen molar-refractivity contribution in [3.63, 3.8) is 0 Å². The van der Waals surface area contributed by atoms with Crippen LogP contribution in [0.1, 0.15) is 45.4 Å². The van der Waals surface area contributed by atoms with Crippen molar-refractivity contribution in [2.24, 2.45) is 5.92 Å². The zero-order chi connectivity index (χ0) is 19.7. The van der Waals surface area contributed by atoms with E-state index in [4.69, 9.17) is 9.15 Å². The van der Waals surface area contributed by atoms with E-state index in [2.05, 4.69) is 28.9 Å². The van der Waals surface area contributed by atoms with Crippen LogP contribution in [0.2, 0.25) is 0 Å². The second kappa shape index (κ2) is 7.89. The third kappa shape index (κ3) is 4.26. The van der Waals surface area contributed by atoms with Gasteiger partial charge in [-0.05, 0) is 43.4 Å². The summed E-state index contributed by atoms with van der Waals surface area (Å²) in [5.41, 5.74) is 0.366. The lowest BCUT2D eigenvalue weighted by Gasteiger charge is -2.48. The molecular weight excluding hydrogens is 361 g/mol. The fraction of sp³-hybridized carbons (Fsp3) is 0.619. The lowest BCUT2D eigenvalue weighted by atomic mass is 9.80. The quantitative estimate of drug-likeness (QED) is 0.864. The third-order valence-electron chi connectivity index (χ3n) is 5.92. The van der Waals surface area contributed by atoms with Crippen molar-refractivity contribution in [2.75, 3.05) is 13.1 Å². The van der Waals surface area contributed by atoms with Crippen molar-refractivity contribution < 1.29 is 18.7 Å². The molecule has 1 aromatic carbocycles. The summed E-state index contributed by atoms with van der Waals surface area (Å²) in [7, 11) is 0. The summed E-state index contributed by atoms with van der Waals surface area (Å²) in [5, 5.41) is 18.5. The first-order valence-electron chi connectivity index (χ1n) is 10.1. The number of hydrogen-bond acceptors (Lipinski definition) is 6. The second-order valence-electron chi connectivity index (χ2n) is 8.46. The second-order valence-corrected chi connectivity index (χ2v) is 8.46. The summed E-state index contributed by atoms with van der Waals surface area (Å²) in [6.45, 7) is 6.58. The predicted molar refractivity (Wildman–Crippen MR) is 102 cm³/mol. The summed E-state index contributed by atoms with van der Waals surface area (Å²) in [6, 6.07) is 6.15. The Balaban J connectivity index is 1.36. The van der Waals surface area contributed by atoms with Crippen molar-refractivity contribution in [2.45, 2.75) is 63.9 Å². The lowest BCUT2D eigenvalue weighted by Crippen LogP contribution is -2.53. The highest BCUT2D eigenvalue weighted by Crippen LogP contribution is 2.39. The van der Waals surface area contributed by atoms with Crippen LogP contribution in [0.3, 0.4) is 0 Å². The molecule has 2 aliphatic rings. The molecule has 1 aromatic heterocycles. The first kappa shape index (κ1) is 19.5. The monoisotopic (exact) mass is 389 g/mol. The van der Waals surface area contributed by atoms with Crippen LogP contribution in [0.15, 0.2) is 28.7 Å². The summed E-state index contributed by atoms with van der Waals surface area (Å²) in [4.78, 5) is 2.27. The molecule has 0 saturated carbocycles. The Hall–Kier alpha value is -1.83. The Morgan fingerprint density at radius 3 is 2.79 bits per heavy atom. The summed E-state index contributed by atoms with van der Waals surface area (Å²) in [5.74, 6) is 0.943. The maximum Gasteiger partial charge on any atom is 0.247 e. The van der Waals surface area contributed by atoms with Crippen LogP contribution in [0.4, 0.5) is 4.39 Å². The molecule has 2 aromatic rings. The lowest BCUT2D eigenvalue weighted by molar-refractivity contribution is -0.193. The highest BCUT2D eigenvalue weighted by Gasteiger charge is 2.44. The normalized spacial score (nSPS) is 25.5. The Morgan fingerprint density at radius 1 is 1.29 bits per heavy atom. The Labute approximate surface area is 164 Å². The average molecular weight is 389 g/mol. The summed E-state index contributed by atoms with van der Waals surface area (Å²) in [6.07, 6.45) is 3.07. The predicted octanol–water partition coefficient (Wildman–Crippen LogP) is 3.41. The summed E-state index contributed by atoms with van der Waals surface area (Å²) < 4.78 is 25.6.